The zero-order chi connectivity index (χ0) is 13.1. The molecule has 3 nitrogen and oxygen atoms in total. The van der Waals surface area contributed by atoms with Crippen LogP contribution in [0.5, 0.6) is 5.75 Å². The highest BCUT2D eigenvalue weighted by Gasteiger charge is 2.21. The molecule has 94 valence electrons. The number of rotatable bonds is 3. The topological polar surface area (TPSA) is 38.3 Å². The number of hydrogen-bond donors (Lipinski definition) is 1. The Morgan fingerprint density at radius 2 is 2.33 bits per heavy atom. The molecule has 6 heteroatoms. The molecule has 2 rings (SSSR count). The molecule has 1 aromatic rings. The number of hydrogen-bond acceptors (Lipinski definition) is 4. The van der Waals surface area contributed by atoms with Crippen molar-refractivity contribution >= 4 is 51.9 Å². The highest BCUT2D eigenvalue weighted by atomic mass is 35.5. The van der Waals surface area contributed by atoms with Crippen LogP contribution in [0.4, 0.5) is 0 Å². The van der Waals surface area contributed by atoms with Crippen LogP contribution in [-0.2, 0) is 4.79 Å². The number of nitrogens with one attached hydrogen (secondary N) is 1. The predicted molar refractivity (Wildman–Crippen MR) is 78.9 cm³/mol. The van der Waals surface area contributed by atoms with Gasteiger partial charge in [0.2, 0.25) is 0 Å². The standard InChI is InChI=1S/C12H10ClNO2S2/c1-2-16-9-4-3-7(5-8(9)13)6-10-11(15)14-12(17)18-10/h3-6H,2H2,1H3,(H,14,15,17)/b10-6+. The van der Waals surface area contributed by atoms with Crippen LogP contribution in [0.25, 0.3) is 6.08 Å². The van der Waals surface area contributed by atoms with E-state index in [4.69, 9.17) is 28.6 Å². The van der Waals surface area contributed by atoms with E-state index in [1.54, 1.807) is 18.2 Å². The molecule has 0 aliphatic carbocycles. The van der Waals surface area contributed by atoms with E-state index < -0.39 is 0 Å². The highest BCUT2D eigenvalue weighted by Crippen LogP contribution is 2.29. The summed E-state index contributed by atoms with van der Waals surface area (Å²) >= 11 is 12.2. The lowest BCUT2D eigenvalue weighted by atomic mass is 10.2. The van der Waals surface area contributed by atoms with Crippen molar-refractivity contribution in [3.8, 4) is 5.75 Å². The first kappa shape index (κ1) is 13.4. The Morgan fingerprint density at radius 1 is 1.56 bits per heavy atom. The zero-order valence-electron chi connectivity index (χ0n) is 9.53. The third-order valence-corrected chi connectivity index (χ3v) is 3.65. The number of carbonyl (C=O) groups excluding carboxylic acids is 1. The maximum absolute atomic E-state index is 11.5. The molecule has 0 bridgehead atoms. The molecule has 0 atom stereocenters. The van der Waals surface area contributed by atoms with Gasteiger partial charge in [-0.15, -0.1) is 0 Å². The van der Waals surface area contributed by atoms with E-state index in [0.29, 0.717) is 26.6 Å². The van der Waals surface area contributed by atoms with Gasteiger partial charge < -0.3 is 10.1 Å². The summed E-state index contributed by atoms with van der Waals surface area (Å²) in [4.78, 5) is 12.1. The first-order chi connectivity index (χ1) is 8.60. The summed E-state index contributed by atoms with van der Waals surface area (Å²) in [5, 5.41) is 3.09. The van der Waals surface area contributed by atoms with Crippen LogP contribution < -0.4 is 10.1 Å². The minimum atomic E-state index is -0.171. The summed E-state index contributed by atoms with van der Waals surface area (Å²) in [6, 6.07) is 5.39. The normalized spacial score (nSPS) is 17.1. The number of thiocarbonyl (C=S) groups is 1. The summed E-state index contributed by atoms with van der Waals surface area (Å²) in [5.74, 6) is 0.468. The van der Waals surface area contributed by atoms with E-state index in [-0.39, 0.29) is 5.91 Å². The summed E-state index contributed by atoms with van der Waals surface area (Å²) < 4.78 is 5.82. The largest absolute Gasteiger partial charge is 0.492 e. The van der Waals surface area contributed by atoms with Crippen molar-refractivity contribution in [2.45, 2.75) is 6.92 Å². The fourth-order valence-corrected chi connectivity index (χ4v) is 2.74. The van der Waals surface area contributed by atoms with Crippen molar-refractivity contribution < 1.29 is 9.53 Å². The smallest absolute Gasteiger partial charge is 0.263 e. The molecule has 1 aliphatic heterocycles. The molecule has 0 radical (unpaired) electrons. The van der Waals surface area contributed by atoms with Gasteiger partial charge in [0.25, 0.3) is 5.91 Å². The second kappa shape index (κ2) is 5.73. The third kappa shape index (κ3) is 3.04. The number of halogens is 1. The molecule has 0 unspecified atom stereocenters. The van der Waals surface area contributed by atoms with Gasteiger partial charge in [0.15, 0.2) is 0 Å². The van der Waals surface area contributed by atoms with Crippen molar-refractivity contribution in [3.63, 3.8) is 0 Å². The van der Waals surface area contributed by atoms with Gasteiger partial charge in [-0.3, -0.25) is 4.79 Å². The minimum absolute atomic E-state index is 0.171. The molecular formula is C12H10ClNO2S2. The fourth-order valence-electron chi connectivity index (χ4n) is 1.45. The Bertz CT molecular complexity index is 543. The van der Waals surface area contributed by atoms with Crippen LogP contribution in [0, 0.1) is 0 Å². The maximum Gasteiger partial charge on any atom is 0.263 e. The monoisotopic (exact) mass is 299 g/mol. The molecule has 1 aromatic carbocycles. The average Bonchev–Trinajstić information content (AvgIpc) is 2.61. The molecule has 1 N–H and O–H groups in total. The Labute approximate surface area is 120 Å². The molecule has 1 fully saturated rings. The van der Waals surface area contributed by atoms with Gasteiger partial charge in [-0.25, -0.2) is 0 Å². The van der Waals surface area contributed by atoms with Gasteiger partial charge >= 0.3 is 0 Å². The molecule has 18 heavy (non-hydrogen) atoms. The molecule has 0 aromatic heterocycles. The number of carbonyl (C=O) groups is 1. The van der Waals surface area contributed by atoms with Crippen LogP contribution in [0.15, 0.2) is 23.1 Å². The lowest BCUT2D eigenvalue weighted by molar-refractivity contribution is -0.115. The second-order valence-electron chi connectivity index (χ2n) is 3.48. The Morgan fingerprint density at radius 3 is 2.89 bits per heavy atom. The molecule has 1 aliphatic rings. The second-order valence-corrected chi connectivity index (χ2v) is 5.60. The summed E-state index contributed by atoms with van der Waals surface area (Å²) in [5.41, 5.74) is 0.839. The number of thioether (sulfide) groups is 1. The zero-order valence-corrected chi connectivity index (χ0v) is 11.9. The van der Waals surface area contributed by atoms with E-state index >= 15 is 0 Å². The quantitative estimate of drug-likeness (QED) is 0.687. The van der Waals surface area contributed by atoms with Gasteiger partial charge in [-0.2, -0.15) is 0 Å². The lowest BCUT2D eigenvalue weighted by Crippen LogP contribution is -2.17. The fraction of sp³-hybridized carbons (Fsp3) is 0.167. The molecule has 0 spiro atoms. The molecule has 1 saturated heterocycles. The Balaban J connectivity index is 2.25. The van der Waals surface area contributed by atoms with Crippen molar-refractivity contribution in [1.82, 2.24) is 5.32 Å². The van der Waals surface area contributed by atoms with Gasteiger partial charge in [-0.05, 0) is 30.7 Å². The van der Waals surface area contributed by atoms with Gasteiger partial charge in [0.05, 0.1) is 16.5 Å². The number of benzene rings is 1. The van der Waals surface area contributed by atoms with Crippen LogP contribution in [0.3, 0.4) is 0 Å². The number of ether oxygens (including phenoxy) is 1. The summed E-state index contributed by atoms with van der Waals surface area (Å²) in [7, 11) is 0. The van der Waals surface area contributed by atoms with Crippen molar-refractivity contribution in [3.05, 3.63) is 33.7 Å². The van der Waals surface area contributed by atoms with Crippen LogP contribution in [0.1, 0.15) is 12.5 Å². The SMILES string of the molecule is CCOc1ccc(/C=C2/SC(=S)NC2=O)cc1Cl. The summed E-state index contributed by atoms with van der Waals surface area (Å²) in [6.07, 6.45) is 1.75. The van der Waals surface area contributed by atoms with E-state index in [1.807, 2.05) is 13.0 Å². The van der Waals surface area contributed by atoms with Gasteiger partial charge in [-0.1, -0.05) is 41.6 Å². The first-order valence-corrected chi connectivity index (χ1v) is 6.87. The van der Waals surface area contributed by atoms with Crippen molar-refractivity contribution in [2.75, 3.05) is 6.61 Å². The van der Waals surface area contributed by atoms with E-state index in [2.05, 4.69) is 5.32 Å². The average molecular weight is 300 g/mol. The van der Waals surface area contributed by atoms with Crippen LogP contribution >= 0.6 is 35.6 Å². The Hall–Kier alpha value is -1.04. The maximum atomic E-state index is 11.5. The van der Waals surface area contributed by atoms with Crippen molar-refractivity contribution in [2.24, 2.45) is 0 Å². The van der Waals surface area contributed by atoms with Gasteiger partial charge in [0, 0.05) is 0 Å². The van der Waals surface area contributed by atoms with E-state index in [0.717, 1.165) is 5.56 Å². The molecule has 1 amide bonds. The van der Waals surface area contributed by atoms with E-state index in [9.17, 15) is 4.79 Å². The molecule has 1 heterocycles. The predicted octanol–water partition coefficient (Wildman–Crippen LogP) is 3.23. The lowest BCUT2D eigenvalue weighted by Gasteiger charge is -2.05. The Kier molecular flexibility index (Phi) is 4.27. The van der Waals surface area contributed by atoms with Gasteiger partial charge in [0.1, 0.15) is 10.1 Å². The number of amides is 1. The first-order valence-electron chi connectivity index (χ1n) is 5.27. The van der Waals surface area contributed by atoms with Crippen LogP contribution in [0.2, 0.25) is 5.02 Å². The molecular weight excluding hydrogens is 290 g/mol. The third-order valence-electron chi connectivity index (χ3n) is 2.20. The molecule has 0 saturated carbocycles. The minimum Gasteiger partial charge on any atom is -0.492 e. The highest BCUT2D eigenvalue weighted by molar-refractivity contribution is 8.26. The summed E-state index contributed by atoms with van der Waals surface area (Å²) in [6.45, 7) is 2.46. The van der Waals surface area contributed by atoms with E-state index in [1.165, 1.54) is 11.8 Å². The van der Waals surface area contributed by atoms with Crippen molar-refractivity contribution in [1.29, 1.82) is 0 Å². The van der Waals surface area contributed by atoms with Crippen LogP contribution in [-0.4, -0.2) is 16.8 Å².